The average molecular weight is 274 g/mol. The van der Waals surface area contributed by atoms with Gasteiger partial charge in [0.1, 0.15) is 5.76 Å². The second-order valence-electron chi connectivity index (χ2n) is 4.57. The van der Waals surface area contributed by atoms with E-state index in [9.17, 15) is 4.57 Å². The van der Waals surface area contributed by atoms with Crippen LogP contribution >= 0.6 is 7.60 Å². The van der Waals surface area contributed by atoms with Crippen molar-refractivity contribution in [1.29, 1.82) is 0 Å². The second kappa shape index (κ2) is 7.13. The Morgan fingerprint density at radius 1 is 1.28 bits per heavy atom. The Labute approximate surface area is 109 Å². The summed E-state index contributed by atoms with van der Waals surface area (Å²) in [6.45, 7) is 8.64. The van der Waals surface area contributed by atoms with Crippen LogP contribution in [0.4, 0.5) is 0 Å². The lowest BCUT2D eigenvalue weighted by atomic mass is 10.1. The molecular formula is C13H23O4P. The van der Waals surface area contributed by atoms with Gasteiger partial charge in [-0.2, -0.15) is 0 Å². The van der Waals surface area contributed by atoms with E-state index in [1.54, 1.807) is 6.26 Å². The number of hydrogen-bond donors (Lipinski definition) is 0. The fraction of sp³-hybridized carbons (Fsp3) is 0.692. The van der Waals surface area contributed by atoms with Crippen LogP contribution in [0.1, 0.15) is 39.0 Å². The van der Waals surface area contributed by atoms with Gasteiger partial charge in [-0.15, -0.1) is 0 Å². The summed E-state index contributed by atoms with van der Waals surface area (Å²) in [6.07, 6.45) is 2.75. The Kier molecular flexibility index (Phi) is 6.13. The van der Waals surface area contributed by atoms with Crippen LogP contribution in [-0.2, 0) is 26.2 Å². The van der Waals surface area contributed by atoms with E-state index < -0.39 is 7.60 Å². The molecule has 0 aromatic carbocycles. The van der Waals surface area contributed by atoms with Gasteiger partial charge in [-0.05, 0) is 25.8 Å². The molecule has 0 saturated carbocycles. The molecule has 1 aromatic rings. The van der Waals surface area contributed by atoms with E-state index in [2.05, 4.69) is 13.8 Å². The zero-order chi connectivity index (χ0) is 13.6. The molecule has 18 heavy (non-hydrogen) atoms. The summed E-state index contributed by atoms with van der Waals surface area (Å²) in [4.78, 5) is 0. The molecule has 0 amide bonds. The predicted molar refractivity (Wildman–Crippen MR) is 71.8 cm³/mol. The minimum Gasteiger partial charge on any atom is -0.469 e. The highest BCUT2D eigenvalue weighted by molar-refractivity contribution is 7.53. The normalized spacial score (nSPS) is 12.3. The first-order chi connectivity index (χ1) is 8.50. The van der Waals surface area contributed by atoms with Crippen molar-refractivity contribution in [3.05, 3.63) is 23.7 Å². The maximum atomic E-state index is 12.4. The first-order valence-electron chi connectivity index (χ1n) is 6.44. The molecule has 1 rings (SSSR count). The Balaban J connectivity index is 2.81. The maximum Gasteiger partial charge on any atom is 0.335 e. The smallest absolute Gasteiger partial charge is 0.335 e. The van der Waals surface area contributed by atoms with Crippen LogP contribution in [0.2, 0.25) is 0 Å². The molecule has 4 nitrogen and oxygen atoms in total. The molecule has 1 aromatic heterocycles. The quantitative estimate of drug-likeness (QED) is 0.665. The SMILES string of the molecule is CCOP(=O)(Cc1ccoc1CC(C)C)OCC. The highest BCUT2D eigenvalue weighted by Crippen LogP contribution is 2.51. The summed E-state index contributed by atoms with van der Waals surface area (Å²) in [5.41, 5.74) is 0.925. The van der Waals surface area contributed by atoms with Gasteiger partial charge in [0.05, 0.1) is 25.6 Å². The molecule has 0 N–H and O–H groups in total. The van der Waals surface area contributed by atoms with Crippen LogP contribution in [0, 0.1) is 5.92 Å². The van der Waals surface area contributed by atoms with Crippen molar-refractivity contribution < 1.29 is 18.0 Å². The Hall–Kier alpha value is -0.570. The average Bonchev–Trinajstić information content (AvgIpc) is 2.65. The van der Waals surface area contributed by atoms with Gasteiger partial charge in [-0.1, -0.05) is 13.8 Å². The van der Waals surface area contributed by atoms with Crippen molar-refractivity contribution >= 4 is 7.60 Å². The van der Waals surface area contributed by atoms with Gasteiger partial charge in [0.25, 0.3) is 0 Å². The molecular weight excluding hydrogens is 251 g/mol. The van der Waals surface area contributed by atoms with Gasteiger partial charge in [-0.3, -0.25) is 4.57 Å². The molecule has 0 aliphatic carbocycles. The molecule has 1 heterocycles. The van der Waals surface area contributed by atoms with Crippen molar-refractivity contribution in [3.63, 3.8) is 0 Å². The van der Waals surface area contributed by atoms with Gasteiger partial charge >= 0.3 is 7.60 Å². The van der Waals surface area contributed by atoms with Gasteiger partial charge in [0.15, 0.2) is 0 Å². The molecule has 0 unspecified atom stereocenters. The number of rotatable bonds is 8. The third kappa shape index (κ3) is 4.60. The van der Waals surface area contributed by atoms with Crippen LogP contribution in [-0.4, -0.2) is 13.2 Å². The van der Waals surface area contributed by atoms with Crippen molar-refractivity contribution in [3.8, 4) is 0 Å². The lowest BCUT2D eigenvalue weighted by molar-refractivity contribution is 0.219. The zero-order valence-electron chi connectivity index (χ0n) is 11.6. The molecule has 0 atom stereocenters. The Morgan fingerprint density at radius 3 is 2.39 bits per heavy atom. The van der Waals surface area contributed by atoms with Crippen LogP contribution in [0.15, 0.2) is 16.7 Å². The molecule has 0 saturated heterocycles. The highest BCUT2D eigenvalue weighted by atomic mass is 31.2. The molecule has 0 aliphatic rings. The van der Waals surface area contributed by atoms with E-state index >= 15 is 0 Å². The van der Waals surface area contributed by atoms with Crippen LogP contribution in [0.3, 0.4) is 0 Å². The van der Waals surface area contributed by atoms with Crippen molar-refractivity contribution in [2.24, 2.45) is 5.92 Å². The third-order valence-corrected chi connectivity index (χ3v) is 4.48. The minimum absolute atomic E-state index is 0.285. The lowest BCUT2D eigenvalue weighted by Gasteiger charge is -2.17. The summed E-state index contributed by atoms with van der Waals surface area (Å²) in [5.74, 6) is 1.37. The topological polar surface area (TPSA) is 48.7 Å². The van der Waals surface area contributed by atoms with E-state index in [4.69, 9.17) is 13.5 Å². The van der Waals surface area contributed by atoms with Gasteiger partial charge in [-0.25, -0.2) is 0 Å². The summed E-state index contributed by atoms with van der Waals surface area (Å²) >= 11 is 0. The van der Waals surface area contributed by atoms with Crippen LogP contribution in [0.5, 0.6) is 0 Å². The van der Waals surface area contributed by atoms with E-state index in [1.165, 1.54) is 0 Å². The Bertz CT molecular complexity index is 387. The molecule has 0 radical (unpaired) electrons. The van der Waals surface area contributed by atoms with E-state index in [1.807, 2.05) is 19.9 Å². The molecule has 0 bridgehead atoms. The van der Waals surface area contributed by atoms with Gasteiger partial charge in [0.2, 0.25) is 0 Å². The Morgan fingerprint density at radius 2 is 1.89 bits per heavy atom. The number of hydrogen-bond acceptors (Lipinski definition) is 4. The van der Waals surface area contributed by atoms with Crippen molar-refractivity contribution in [2.75, 3.05) is 13.2 Å². The summed E-state index contributed by atoms with van der Waals surface area (Å²) in [6, 6.07) is 1.85. The summed E-state index contributed by atoms with van der Waals surface area (Å²) in [7, 11) is -3.04. The largest absolute Gasteiger partial charge is 0.469 e. The standard InChI is InChI=1S/C13H23O4P/c1-5-16-18(14,17-6-2)10-12-7-8-15-13(12)9-11(3)4/h7-8,11H,5-6,9-10H2,1-4H3. The fourth-order valence-corrected chi connectivity index (χ4v) is 3.53. The van der Waals surface area contributed by atoms with Gasteiger partial charge < -0.3 is 13.5 Å². The second-order valence-corrected chi connectivity index (χ2v) is 6.63. The van der Waals surface area contributed by atoms with E-state index in [-0.39, 0.29) is 6.16 Å². The number of furan rings is 1. The molecule has 5 heteroatoms. The van der Waals surface area contributed by atoms with Crippen LogP contribution in [0.25, 0.3) is 0 Å². The van der Waals surface area contributed by atoms with Crippen molar-refractivity contribution in [1.82, 2.24) is 0 Å². The molecule has 0 fully saturated rings. The van der Waals surface area contributed by atoms with Crippen LogP contribution < -0.4 is 0 Å². The summed E-state index contributed by atoms with van der Waals surface area (Å²) in [5, 5.41) is 0. The zero-order valence-corrected chi connectivity index (χ0v) is 12.5. The molecule has 104 valence electrons. The first-order valence-corrected chi connectivity index (χ1v) is 8.17. The first kappa shape index (κ1) is 15.5. The third-order valence-electron chi connectivity index (χ3n) is 2.45. The maximum absolute atomic E-state index is 12.4. The molecule has 0 spiro atoms. The minimum atomic E-state index is -3.04. The highest BCUT2D eigenvalue weighted by Gasteiger charge is 2.26. The summed E-state index contributed by atoms with van der Waals surface area (Å²) < 4.78 is 28.5. The van der Waals surface area contributed by atoms with E-state index in [0.29, 0.717) is 19.1 Å². The van der Waals surface area contributed by atoms with Crippen molar-refractivity contribution in [2.45, 2.75) is 40.3 Å². The lowest BCUT2D eigenvalue weighted by Crippen LogP contribution is -2.01. The predicted octanol–water partition coefficient (Wildman–Crippen LogP) is 4.24. The monoisotopic (exact) mass is 274 g/mol. The van der Waals surface area contributed by atoms with Gasteiger partial charge in [0, 0.05) is 12.0 Å². The fourth-order valence-electron chi connectivity index (χ4n) is 1.79. The van der Waals surface area contributed by atoms with E-state index in [0.717, 1.165) is 17.7 Å². The molecule has 0 aliphatic heterocycles.